The smallest absolute Gasteiger partial charge is 0.136 e. The van der Waals surface area contributed by atoms with Crippen LogP contribution in [0, 0.1) is 32.4 Å². The summed E-state index contributed by atoms with van der Waals surface area (Å²) in [4.78, 5) is 0. The summed E-state index contributed by atoms with van der Waals surface area (Å²) in [5.41, 5.74) is 4.77. The Kier molecular flexibility index (Phi) is 4.09. The molecule has 0 spiro atoms. The molecule has 1 N–H and O–H groups in total. The van der Waals surface area contributed by atoms with Gasteiger partial charge in [-0.15, -0.1) is 0 Å². The number of para-hydroxylation sites is 1. The van der Waals surface area contributed by atoms with Crippen LogP contribution in [0.2, 0.25) is 0 Å². The Morgan fingerprint density at radius 3 is 2.29 bits per heavy atom. The Morgan fingerprint density at radius 1 is 1.00 bits per heavy atom. The van der Waals surface area contributed by atoms with E-state index in [-0.39, 0.29) is 0 Å². The molecule has 0 fully saturated rings. The van der Waals surface area contributed by atoms with Gasteiger partial charge in [-0.05, 0) is 44.0 Å². The molecule has 5 heteroatoms. The number of nitrogens with one attached hydrogen (secondary N) is 1. The van der Waals surface area contributed by atoms with Crippen molar-refractivity contribution in [1.82, 2.24) is 9.78 Å². The van der Waals surface area contributed by atoms with Crippen LogP contribution >= 0.6 is 0 Å². The van der Waals surface area contributed by atoms with Crippen LogP contribution in [0.5, 0.6) is 0 Å². The Morgan fingerprint density at radius 2 is 1.67 bits per heavy atom. The van der Waals surface area contributed by atoms with Crippen molar-refractivity contribution in [1.29, 1.82) is 0 Å². The lowest BCUT2D eigenvalue weighted by atomic mass is 10.0. The third-order valence-corrected chi connectivity index (χ3v) is 4.15. The minimum absolute atomic E-state index is 0.329. The molecule has 0 radical (unpaired) electrons. The predicted octanol–water partition coefficient (Wildman–Crippen LogP) is 5.03. The molecule has 1 heterocycles. The maximum Gasteiger partial charge on any atom is 0.136 e. The van der Waals surface area contributed by atoms with E-state index in [0.717, 1.165) is 22.9 Å². The number of halogens is 2. The van der Waals surface area contributed by atoms with Crippen LogP contribution in [-0.2, 0) is 7.05 Å². The number of hydrogen-bond donors (Lipinski definition) is 1. The molecule has 124 valence electrons. The number of nitrogens with zero attached hydrogens (tertiary/aromatic N) is 2. The molecule has 3 nitrogen and oxygen atoms in total. The molecular weight excluding hydrogens is 308 g/mol. The number of aryl methyl sites for hydroxylation is 4. The minimum Gasteiger partial charge on any atom is -0.339 e. The second-order valence-corrected chi connectivity index (χ2v) is 5.95. The highest BCUT2D eigenvalue weighted by molar-refractivity contribution is 5.82. The number of aromatic nitrogens is 2. The molecule has 0 aliphatic carbocycles. The highest BCUT2D eigenvalue weighted by atomic mass is 19.1. The van der Waals surface area contributed by atoms with Gasteiger partial charge in [-0.1, -0.05) is 18.2 Å². The molecule has 3 aromatic rings. The Bertz CT molecular complexity index is 893. The van der Waals surface area contributed by atoms with Gasteiger partial charge < -0.3 is 5.32 Å². The minimum atomic E-state index is -0.601. The lowest BCUT2D eigenvalue weighted by Gasteiger charge is -2.15. The van der Waals surface area contributed by atoms with Crippen molar-refractivity contribution in [3.05, 3.63) is 64.9 Å². The van der Waals surface area contributed by atoms with E-state index in [1.54, 1.807) is 11.7 Å². The van der Waals surface area contributed by atoms with Crippen molar-refractivity contribution in [2.75, 3.05) is 5.32 Å². The van der Waals surface area contributed by atoms with Crippen LogP contribution in [0.4, 0.5) is 20.3 Å². The predicted molar refractivity (Wildman–Crippen MR) is 92.5 cm³/mol. The van der Waals surface area contributed by atoms with Crippen LogP contribution in [0.25, 0.3) is 11.1 Å². The number of benzene rings is 2. The van der Waals surface area contributed by atoms with Gasteiger partial charge in [0.15, 0.2) is 0 Å². The van der Waals surface area contributed by atoms with Gasteiger partial charge in [0.1, 0.15) is 17.5 Å². The van der Waals surface area contributed by atoms with Gasteiger partial charge in [0.05, 0.1) is 11.3 Å². The van der Waals surface area contributed by atoms with Gasteiger partial charge in [-0.25, -0.2) is 8.78 Å². The third-order valence-electron chi connectivity index (χ3n) is 4.15. The summed E-state index contributed by atoms with van der Waals surface area (Å²) in [6.45, 7) is 5.83. The van der Waals surface area contributed by atoms with Crippen molar-refractivity contribution in [2.24, 2.45) is 7.05 Å². The van der Waals surface area contributed by atoms with Crippen LogP contribution in [0.3, 0.4) is 0 Å². The molecule has 0 unspecified atom stereocenters. The van der Waals surface area contributed by atoms with Crippen molar-refractivity contribution < 1.29 is 8.78 Å². The summed E-state index contributed by atoms with van der Waals surface area (Å²) < 4.78 is 29.2. The van der Waals surface area contributed by atoms with E-state index in [9.17, 15) is 8.78 Å². The average Bonchev–Trinajstić information content (AvgIpc) is 2.77. The van der Waals surface area contributed by atoms with Crippen molar-refractivity contribution in [3.63, 3.8) is 0 Å². The first-order chi connectivity index (χ1) is 11.4. The maximum absolute atomic E-state index is 14.3. The van der Waals surface area contributed by atoms with E-state index >= 15 is 0 Å². The first-order valence-corrected chi connectivity index (χ1v) is 7.70. The summed E-state index contributed by atoms with van der Waals surface area (Å²) in [5.74, 6) is -0.520. The van der Waals surface area contributed by atoms with E-state index in [0.29, 0.717) is 22.6 Å². The molecular formula is C19H19F2N3. The fourth-order valence-electron chi connectivity index (χ4n) is 2.95. The highest BCUT2D eigenvalue weighted by Crippen LogP contribution is 2.36. The Labute approximate surface area is 139 Å². The van der Waals surface area contributed by atoms with Gasteiger partial charge >= 0.3 is 0 Å². The number of hydrogen-bond acceptors (Lipinski definition) is 2. The van der Waals surface area contributed by atoms with Crippen LogP contribution < -0.4 is 5.32 Å². The third kappa shape index (κ3) is 2.77. The Hall–Kier alpha value is -2.69. The van der Waals surface area contributed by atoms with Crippen molar-refractivity contribution in [2.45, 2.75) is 20.8 Å². The molecule has 0 saturated heterocycles. The standard InChI is InChI=1S/C19H19F2N3/c1-11-6-5-7-12(2)18(11)22-19-17(13(3)23-24(19)4)15-9-8-14(20)10-16(15)21/h5-10,22H,1-4H3. The average molecular weight is 327 g/mol. The molecule has 0 saturated carbocycles. The van der Waals surface area contributed by atoms with Gasteiger partial charge in [0, 0.05) is 24.4 Å². The van der Waals surface area contributed by atoms with E-state index in [2.05, 4.69) is 10.4 Å². The molecule has 0 bridgehead atoms. The van der Waals surface area contributed by atoms with Crippen molar-refractivity contribution in [3.8, 4) is 11.1 Å². The number of anilines is 2. The maximum atomic E-state index is 14.3. The molecule has 0 aliphatic rings. The topological polar surface area (TPSA) is 29.9 Å². The van der Waals surface area contributed by atoms with Crippen LogP contribution in [0.15, 0.2) is 36.4 Å². The summed E-state index contributed by atoms with van der Waals surface area (Å²) in [5, 5.41) is 7.78. The summed E-state index contributed by atoms with van der Waals surface area (Å²) >= 11 is 0. The summed E-state index contributed by atoms with van der Waals surface area (Å²) in [6.07, 6.45) is 0. The van der Waals surface area contributed by atoms with Gasteiger partial charge in [0.25, 0.3) is 0 Å². The lowest BCUT2D eigenvalue weighted by Crippen LogP contribution is -2.03. The first-order valence-electron chi connectivity index (χ1n) is 7.70. The molecule has 0 aliphatic heterocycles. The normalized spacial score (nSPS) is 10.9. The van der Waals surface area contributed by atoms with Gasteiger partial charge in [-0.3, -0.25) is 4.68 Å². The molecule has 1 aromatic heterocycles. The van der Waals surface area contributed by atoms with E-state index < -0.39 is 11.6 Å². The second-order valence-electron chi connectivity index (χ2n) is 5.95. The summed E-state index contributed by atoms with van der Waals surface area (Å²) in [6, 6.07) is 9.61. The zero-order valence-electron chi connectivity index (χ0n) is 14.1. The highest BCUT2D eigenvalue weighted by Gasteiger charge is 2.19. The molecule has 0 amide bonds. The summed E-state index contributed by atoms with van der Waals surface area (Å²) in [7, 11) is 1.80. The molecule has 0 atom stereocenters. The van der Waals surface area contributed by atoms with Gasteiger partial charge in [-0.2, -0.15) is 5.10 Å². The zero-order valence-corrected chi connectivity index (χ0v) is 14.1. The largest absolute Gasteiger partial charge is 0.339 e. The fraction of sp³-hybridized carbons (Fsp3) is 0.211. The molecule has 3 rings (SSSR count). The quantitative estimate of drug-likeness (QED) is 0.731. The van der Waals surface area contributed by atoms with Gasteiger partial charge in [0.2, 0.25) is 0 Å². The zero-order chi connectivity index (χ0) is 17.4. The SMILES string of the molecule is Cc1cccc(C)c1Nc1c(-c2ccc(F)cc2F)c(C)nn1C. The van der Waals surface area contributed by atoms with Crippen LogP contribution in [0.1, 0.15) is 16.8 Å². The first kappa shape index (κ1) is 16.2. The fourth-order valence-corrected chi connectivity index (χ4v) is 2.95. The van der Waals surface area contributed by atoms with E-state index in [1.165, 1.54) is 12.1 Å². The molecule has 24 heavy (non-hydrogen) atoms. The van der Waals surface area contributed by atoms with Crippen LogP contribution in [-0.4, -0.2) is 9.78 Å². The molecule has 2 aromatic carbocycles. The van der Waals surface area contributed by atoms with Crippen molar-refractivity contribution >= 4 is 11.5 Å². The monoisotopic (exact) mass is 327 g/mol. The van der Waals surface area contributed by atoms with E-state index in [1.807, 2.05) is 39.0 Å². The lowest BCUT2D eigenvalue weighted by molar-refractivity contribution is 0.585. The Balaban J connectivity index is 2.16. The second kappa shape index (κ2) is 6.07. The van der Waals surface area contributed by atoms with E-state index in [4.69, 9.17) is 0 Å². The number of rotatable bonds is 3.